The van der Waals surface area contributed by atoms with Crippen molar-refractivity contribution in [2.75, 3.05) is 0 Å². The van der Waals surface area contributed by atoms with Gasteiger partial charge in [0.05, 0.1) is 0 Å². The highest BCUT2D eigenvalue weighted by atomic mass is 16.4. The molecule has 2 heterocycles. The summed E-state index contributed by atoms with van der Waals surface area (Å²) in [6.07, 6.45) is 0. The fourth-order valence-electron chi connectivity index (χ4n) is 8.29. The second-order valence-electron chi connectivity index (χ2n) is 13.6. The van der Waals surface area contributed by atoms with E-state index in [0.29, 0.717) is 0 Å². The van der Waals surface area contributed by atoms with Crippen LogP contribution in [-0.2, 0) is 0 Å². The lowest BCUT2D eigenvalue weighted by atomic mass is 9.85. The van der Waals surface area contributed by atoms with Crippen LogP contribution in [0.15, 0.2) is 191 Å². The molecule has 0 aliphatic carbocycles. The molecule has 9 aromatic carbocycles. The van der Waals surface area contributed by atoms with Crippen molar-refractivity contribution < 1.29 is 8.83 Å². The van der Waals surface area contributed by atoms with Gasteiger partial charge in [-0.15, -0.1) is 0 Å². The van der Waals surface area contributed by atoms with Crippen molar-refractivity contribution in [2.45, 2.75) is 0 Å². The Labute approximate surface area is 299 Å². The first-order chi connectivity index (χ1) is 25.8. The molecular weight excluding hydrogens is 633 g/mol. The van der Waals surface area contributed by atoms with Gasteiger partial charge >= 0.3 is 0 Å². The van der Waals surface area contributed by atoms with Gasteiger partial charge in [0.2, 0.25) is 0 Å². The summed E-state index contributed by atoms with van der Waals surface area (Å²) in [5.74, 6) is 0. The van der Waals surface area contributed by atoms with E-state index in [-0.39, 0.29) is 0 Å². The smallest absolute Gasteiger partial charge is 0.178 e. The zero-order valence-electron chi connectivity index (χ0n) is 28.1. The van der Waals surface area contributed by atoms with E-state index in [9.17, 15) is 0 Å². The Morgan fingerprint density at radius 3 is 1.25 bits per heavy atom. The maximum atomic E-state index is 6.46. The van der Waals surface area contributed by atoms with E-state index in [2.05, 4.69) is 164 Å². The summed E-state index contributed by atoms with van der Waals surface area (Å²) in [5.41, 5.74) is 13.0. The second-order valence-corrected chi connectivity index (χ2v) is 13.6. The van der Waals surface area contributed by atoms with E-state index >= 15 is 0 Å². The summed E-state index contributed by atoms with van der Waals surface area (Å²) in [6.45, 7) is 0. The maximum Gasteiger partial charge on any atom is 0.178 e. The normalized spacial score (nSPS) is 11.8. The van der Waals surface area contributed by atoms with Gasteiger partial charge in [-0.3, -0.25) is 0 Å². The Hall–Kier alpha value is -6.90. The van der Waals surface area contributed by atoms with E-state index in [4.69, 9.17) is 8.83 Å². The summed E-state index contributed by atoms with van der Waals surface area (Å²) < 4.78 is 12.8. The van der Waals surface area contributed by atoms with Crippen LogP contribution < -0.4 is 0 Å². The molecule has 52 heavy (non-hydrogen) atoms. The van der Waals surface area contributed by atoms with Crippen molar-refractivity contribution in [1.29, 1.82) is 0 Å². The predicted molar refractivity (Wildman–Crippen MR) is 218 cm³/mol. The van der Waals surface area contributed by atoms with Crippen molar-refractivity contribution in [3.05, 3.63) is 182 Å². The first-order valence-electron chi connectivity index (χ1n) is 17.8. The van der Waals surface area contributed by atoms with E-state index in [0.717, 1.165) is 55.0 Å². The van der Waals surface area contributed by atoms with Crippen LogP contribution in [0.25, 0.3) is 110 Å². The minimum Gasteiger partial charge on any atom is -0.452 e. The van der Waals surface area contributed by atoms with Crippen LogP contribution in [0, 0.1) is 0 Å². The molecule has 0 bridgehead atoms. The zero-order valence-corrected chi connectivity index (χ0v) is 28.1. The number of hydrogen-bond acceptors (Lipinski definition) is 2. The molecule has 11 aromatic rings. The van der Waals surface area contributed by atoms with E-state index in [1.165, 1.54) is 54.9 Å². The summed E-state index contributed by atoms with van der Waals surface area (Å²) >= 11 is 0. The highest BCUT2D eigenvalue weighted by molar-refractivity contribution is 6.22. The van der Waals surface area contributed by atoms with Crippen LogP contribution >= 0.6 is 0 Å². The van der Waals surface area contributed by atoms with Gasteiger partial charge in [0, 0.05) is 21.5 Å². The summed E-state index contributed by atoms with van der Waals surface area (Å²) in [4.78, 5) is 0. The van der Waals surface area contributed by atoms with Gasteiger partial charge in [-0.2, -0.15) is 0 Å². The summed E-state index contributed by atoms with van der Waals surface area (Å²) in [7, 11) is 0. The van der Waals surface area contributed by atoms with Gasteiger partial charge < -0.3 is 8.83 Å². The first-order valence-corrected chi connectivity index (χ1v) is 17.8. The number of rotatable bonds is 4. The van der Waals surface area contributed by atoms with Crippen LogP contribution in [0.3, 0.4) is 0 Å². The van der Waals surface area contributed by atoms with E-state index in [1.54, 1.807) is 0 Å². The Morgan fingerprint density at radius 2 is 0.654 bits per heavy atom. The number of fused-ring (bicyclic) bond motifs is 9. The molecule has 0 aliphatic rings. The molecule has 2 aromatic heterocycles. The van der Waals surface area contributed by atoms with Gasteiger partial charge in [0.1, 0.15) is 11.2 Å². The average molecular weight is 663 g/mol. The molecule has 0 saturated carbocycles. The highest BCUT2D eigenvalue weighted by Crippen LogP contribution is 2.45. The van der Waals surface area contributed by atoms with Crippen molar-refractivity contribution >= 4 is 65.4 Å². The number of benzene rings is 9. The fourth-order valence-corrected chi connectivity index (χ4v) is 8.29. The third kappa shape index (κ3) is 4.38. The average Bonchev–Trinajstić information content (AvgIpc) is 3.79. The molecule has 0 aliphatic heterocycles. The van der Waals surface area contributed by atoms with Crippen LogP contribution in [0.4, 0.5) is 0 Å². The minimum atomic E-state index is 0.793. The number of furan rings is 2. The lowest BCUT2D eigenvalue weighted by Gasteiger charge is -2.18. The molecule has 0 atom stereocenters. The van der Waals surface area contributed by atoms with Crippen molar-refractivity contribution in [3.63, 3.8) is 0 Å². The van der Waals surface area contributed by atoms with Crippen molar-refractivity contribution in [2.24, 2.45) is 0 Å². The second kappa shape index (κ2) is 11.3. The number of hydrogen-bond donors (Lipinski definition) is 0. The Bertz CT molecular complexity index is 3120. The SMILES string of the molecule is c1ccc(-c2cccc(-c3c4ccccc4c(-c4cccc(-c5ccc6oc7c(ccc8c9ccccc9oc87)c6c5)c4)c4ccccc34)c2)cc1. The topological polar surface area (TPSA) is 26.3 Å². The van der Waals surface area contributed by atoms with Gasteiger partial charge in [0.25, 0.3) is 0 Å². The van der Waals surface area contributed by atoms with Crippen molar-refractivity contribution in [3.8, 4) is 44.5 Å². The Kier molecular flexibility index (Phi) is 6.28. The molecule has 11 rings (SSSR count). The van der Waals surface area contributed by atoms with Crippen molar-refractivity contribution in [1.82, 2.24) is 0 Å². The molecule has 0 unspecified atom stereocenters. The van der Waals surface area contributed by atoms with Crippen LogP contribution in [-0.4, -0.2) is 0 Å². The van der Waals surface area contributed by atoms with Gasteiger partial charge in [-0.1, -0.05) is 140 Å². The predicted octanol–water partition coefficient (Wildman–Crippen LogP) is 14.5. The molecule has 2 heteroatoms. The van der Waals surface area contributed by atoms with Gasteiger partial charge in [-0.25, -0.2) is 0 Å². The highest BCUT2D eigenvalue weighted by Gasteiger charge is 2.19. The quantitative estimate of drug-likeness (QED) is 0.175. The maximum absolute atomic E-state index is 6.46. The molecule has 242 valence electrons. The van der Waals surface area contributed by atoms with E-state index < -0.39 is 0 Å². The third-order valence-electron chi connectivity index (χ3n) is 10.7. The molecule has 0 fully saturated rings. The molecule has 0 radical (unpaired) electrons. The van der Waals surface area contributed by atoms with Crippen LogP contribution in [0.2, 0.25) is 0 Å². The minimum absolute atomic E-state index is 0.793. The summed E-state index contributed by atoms with van der Waals surface area (Å²) in [6, 6.07) is 65.3. The molecule has 0 N–H and O–H groups in total. The Morgan fingerprint density at radius 1 is 0.231 bits per heavy atom. The largest absolute Gasteiger partial charge is 0.452 e. The molecule has 0 saturated heterocycles. The number of para-hydroxylation sites is 1. The molecule has 0 spiro atoms. The standard InChI is InChI=1S/C50H30O2/c1-2-12-31(13-3-1)32-14-10-16-35(28-32)47-38-19-4-6-21-40(38)48(41-22-7-5-20-39(41)47)36-17-11-15-33(29-36)34-24-27-46-44(30-34)43-26-25-42-37-18-8-9-23-45(37)51-49(42)50(43)52-46/h1-30H. The molecule has 2 nitrogen and oxygen atoms in total. The zero-order chi connectivity index (χ0) is 34.2. The Balaban J connectivity index is 1.08. The van der Waals surface area contributed by atoms with Crippen LogP contribution in [0.1, 0.15) is 0 Å². The molecule has 0 amide bonds. The monoisotopic (exact) mass is 662 g/mol. The third-order valence-corrected chi connectivity index (χ3v) is 10.7. The van der Waals surface area contributed by atoms with Gasteiger partial charge in [0.15, 0.2) is 11.2 Å². The van der Waals surface area contributed by atoms with Gasteiger partial charge in [-0.05, 0) is 109 Å². The fraction of sp³-hybridized carbons (Fsp3) is 0. The molecular formula is C50H30O2. The lowest BCUT2D eigenvalue weighted by Crippen LogP contribution is -1.91. The summed E-state index contributed by atoms with van der Waals surface area (Å²) in [5, 5.41) is 9.29. The van der Waals surface area contributed by atoms with E-state index in [1.807, 2.05) is 18.2 Å². The first kappa shape index (κ1) is 28.9. The van der Waals surface area contributed by atoms with Crippen LogP contribution in [0.5, 0.6) is 0 Å². The lowest BCUT2D eigenvalue weighted by molar-refractivity contribution is 0.633.